The normalized spacial score (nSPS) is 19.0. The van der Waals surface area contributed by atoms with Crippen LogP contribution in [0.25, 0.3) is 0 Å². The van der Waals surface area contributed by atoms with E-state index in [1.165, 1.54) is 56.2 Å². The highest BCUT2D eigenvalue weighted by Crippen LogP contribution is 2.55. The predicted molar refractivity (Wildman–Crippen MR) is 312 cm³/mol. The Balaban J connectivity index is 0.824. The molecule has 5 aromatic carbocycles. The second-order valence-electron chi connectivity index (χ2n) is 22.5. The summed E-state index contributed by atoms with van der Waals surface area (Å²) in [5.41, 5.74) is 17.0. The summed E-state index contributed by atoms with van der Waals surface area (Å²) >= 11 is 0. The zero-order valence-electron chi connectivity index (χ0n) is 46.8. The fraction of sp³-hybridized carbons (Fsp3) is 0.433. The molecule has 0 N–H and O–H groups in total. The minimum absolute atomic E-state index is 0.0929. The molecule has 3 unspecified atom stereocenters. The van der Waals surface area contributed by atoms with E-state index < -0.39 is 14.1 Å². The highest BCUT2D eigenvalue weighted by molar-refractivity contribution is 7.44. The third-order valence-corrected chi connectivity index (χ3v) is 18.5. The quantitative estimate of drug-likeness (QED) is 0.0262. The third-order valence-electron chi connectivity index (χ3n) is 16.8. The smallest absolute Gasteiger partial charge is 0.289 e. The number of nitriles is 1. The molecule has 0 radical (unpaired) electrons. The van der Waals surface area contributed by atoms with E-state index in [4.69, 9.17) is 28.5 Å². The summed E-state index contributed by atoms with van der Waals surface area (Å²) in [7, 11) is 0.417. The molecule has 0 aliphatic carbocycles. The van der Waals surface area contributed by atoms with Gasteiger partial charge in [-0.2, -0.15) is 9.84 Å². The molecule has 10 heteroatoms. The van der Waals surface area contributed by atoms with E-state index in [0.717, 1.165) is 112 Å². The lowest BCUT2D eigenvalue weighted by atomic mass is 9.73. The van der Waals surface area contributed by atoms with Gasteiger partial charge in [0.25, 0.3) is 8.53 Å². The highest BCUT2D eigenvalue weighted by Gasteiger charge is 2.54. The Morgan fingerprint density at radius 3 is 2.09 bits per heavy atom. The summed E-state index contributed by atoms with van der Waals surface area (Å²) in [5.74, 6) is 0.826. The van der Waals surface area contributed by atoms with Crippen LogP contribution >= 0.6 is 8.53 Å². The molecule has 10 rings (SSSR count). The Morgan fingerprint density at radius 1 is 0.779 bits per heavy atom. The van der Waals surface area contributed by atoms with E-state index in [0.29, 0.717) is 26.2 Å². The Bertz CT molecular complexity index is 3010. The van der Waals surface area contributed by atoms with Crippen LogP contribution in [0.15, 0.2) is 157 Å². The second kappa shape index (κ2) is 23.6. The zero-order chi connectivity index (χ0) is 53.7. The van der Waals surface area contributed by atoms with Crippen molar-refractivity contribution in [2.45, 2.75) is 141 Å². The van der Waals surface area contributed by atoms with Crippen LogP contribution in [-0.4, -0.2) is 73.7 Å². The average Bonchev–Trinajstić information content (AvgIpc) is 3.88. The molecule has 0 saturated carbocycles. The van der Waals surface area contributed by atoms with Crippen LogP contribution in [0.4, 0.5) is 11.4 Å². The number of allylic oxidation sites excluding steroid dienone is 2. The Hall–Kier alpha value is -5.85. The summed E-state index contributed by atoms with van der Waals surface area (Å²) in [5, 5.41) is 9.15. The molecule has 5 aromatic rings. The first-order valence-corrected chi connectivity index (χ1v) is 29.7. The summed E-state index contributed by atoms with van der Waals surface area (Å²) in [6, 6.07) is 46.3. The lowest BCUT2D eigenvalue weighted by Crippen LogP contribution is -2.47. The molecule has 3 atom stereocenters. The van der Waals surface area contributed by atoms with Crippen LogP contribution in [0, 0.1) is 11.3 Å². The molecule has 0 amide bonds. The second-order valence-corrected chi connectivity index (χ2v) is 23.9. The topological polar surface area (TPSA) is 79.4 Å². The van der Waals surface area contributed by atoms with Crippen molar-refractivity contribution in [3.8, 4) is 11.8 Å². The molecule has 9 nitrogen and oxygen atoms in total. The molecule has 402 valence electrons. The van der Waals surface area contributed by atoms with E-state index in [1.807, 2.05) is 12.1 Å². The Kier molecular flexibility index (Phi) is 16.7. The van der Waals surface area contributed by atoms with Crippen molar-refractivity contribution in [1.29, 1.82) is 5.26 Å². The van der Waals surface area contributed by atoms with Gasteiger partial charge in [0, 0.05) is 71.4 Å². The first-order valence-electron chi connectivity index (χ1n) is 28.5. The van der Waals surface area contributed by atoms with Gasteiger partial charge in [0.05, 0.1) is 50.4 Å². The SMILES string of the molecule is C=C(CC)N(CCC)P(OCCC#N)OCCCCc1ccc2c(c1)C(C)(C)C1=C3C=C4C5=[N+](CCC4OC3CCN12)c1ccc(CCCCOC(c2ccccc2)(c2ccccc2)c2ccc(OC)cc2)cc1C5(C)C. The fourth-order valence-corrected chi connectivity index (χ4v) is 14.6. The molecule has 5 aliphatic heterocycles. The first kappa shape index (κ1) is 54.5. The van der Waals surface area contributed by atoms with Gasteiger partial charge in [-0.25, -0.2) is 0 Å². The Labute approximate surface area is 460 Å². The Morgan fingerprint density at radius 2 is 1.43 bits per heavy atom. The van der Waals surface area contributed by atoms with Crippen molar-refractivity contribution in [3.63, 3.8) is 0 Å². The molecule has 5 aliphatic rings. The number of anilines is 1. The number of unbranched alkanes of at least 4 members (excludes halogenated alkanes) is 2. The number of hydrogen-bond acceptors (Lipinski definition) is 8. The molecule has 0 fully saturated rings. The van der Waals surface area contributed by atoms with Gasteiger partial charge in [0.2, 0.25) is 5.69 Å². The van der Waals surface area contributed by atoms with Crippen molar-refractivity contribution >= 4 is 25.6 Å². The number of ether oxygens (including phenoxy) is 3. The molecule has 5 heterocycles. The number of rotatable bonds is 24. The van der Waals surface area contributed by atoms with Gasteiger partial charge in [-0.05, 0) is 135 Å². The van der Waals surface area contributed by atoms with Crippen molar-refractivity contribution in [3.05, 3.63) is 195 Å². The highest BCUT2D eigenvalue weighted by atomic mass is 31.2. The monoisotopic (exact) mass is 1050 g/mol. The maximum Gasteiger partial charge on any atom is 0.289 e. The maximum atomic E-state index is 9.15. The van der Waals surface area contributed by atoms with E-state index in [1.54, 1.807) is 7.11 Å². The maximum absolute atomic E-state index is 9.15. The molecule has 77 heavy (non-hydrogen) atoms. The minimum Gasteiger partial charge on any atom is -0.497 e. The van der Waals surface area contributed by atoms with E-state index in [-0.39, 0.29) is 23.0 Å². The van der Waals surface area contributed by atoms with Crippen LogP contribution < -0.4 is 9.64 Å². The third kappa shape index (κ3) is 10.6. The number of methoxy groups -OCH3 is 1. The molecule has 0 saturated heterocycles. The fourth-order valence-electron chi connectivity index (χ4n) is 12.9. The number of hydrogen-bond donors (Lipinski definition) is 0. The summed E-state index contributed by atoms with van der Waals surface area (Å²) in [4.78, 5) is 2.61. The molecular weight excluding hydrogens is 972 g/mol. The van der Waals surface area contributed by atoms with Gasteiger partial charge in [-0.1, -0.05) is 125 Å². The van der Waals surface area contributed by atoms with Crippen LogP contribution in [0.5, 0.6) is 5.75 Å². The van der Waals surface area contributed by atoms with E-state index >= 15 is 0 Å². The summed E-state index contributed by atoms with van der Waals surface area (Å²) < 4.78 is 37.3. The van der Waals surface area contributed by atoms with Crippen LogP contribution in [-0.2, 0) is 47.8 Å². The lowest BCUT2D eigenvalue weighted by molar-refractivity contribution is -0.445. The van der Waals surface area contributed by atoms with Crippen molar-refractivity contribution in [2.24, 2.45) is 0 Å². The van der Waals surface area contributed by atoms with Crippen molar-refractivity contribution in [2.75, 3.05) is 51.5 Å². The van der Waals surface area contributed by atoms with Crippen LogP contribution in [0.1, 0.15) is 138 Å². The van der Waals surface area contributed by atoms with Gasteiger partial charge in [-0.15, -0.1) is 0 Å². The number of nitrogens with zero attached hydrogens (tertiary/aromatic N) is 4. The molecule has 0 bridgehead atoms. The molecular formula is C67H80N4O5P+. The number of aryl methyl sites for hydroxylation is 2. The number of benzene rings is 5. The average molecular weight is 1050 g/mol. The van der Waals surface area contributed by atoms with Gasteiger partial charge in [-0.3, -0.25) is 0 Å². The van der Waals surface area contributed by atoms with Crippen LogP contribution in [0.3, 0.4) is 0 Å². The van der Waals surface area contributed by atoms with Crippen LogP contribution in [0.2, 0.25) is 0 Å². The molecule has 0 spiro atoms. The predicted octanol–water partition coefficient (Wildman–Crippen LogP) is 15.1. The largest absolute Gasteiger partial charge is 0.497 e. The van der Waals surface area contributed by atoms with Gasteiger partial charge in [0.1, 0.15) is 11.4 Å². The first-order chi connectivity index (χ1) is 37.4. The summed E-state index contributed by atoms with van der Waals surface area (Å²) in [6.45, 7) is 22.6. The minimum atomic E-state index is -1.29. The van der Waals surface area contributed by atoms with Gasteiger partial charge < -0.3 is 32.8 Å². The van der Waals surface area contributed by atoms with E-state index in [9.17, 15) is 0 Å². The summed E-state index contributed by atoms with van der Waals surface area (Å²) in [6.07, 6.45) is 12.8. The lowest BCUT2D eigenvalue weighted by Gasteiger charge is -2.42. The standard InChI is InChI=1S/C67H80N4O5P/c1-9-39-71(48(3)10-2)77(75-44-21-38-68)74-43-20-18-23-50-29-35-60-58(46-50)66(6,7)64-56-47-55-61(76-62(56)37-41-70(60)64)36-40-69-59-34-28-49(45-57(59)65(4,5)63(55)69)22-17-19-42-73-67(51-24-13-11-14-25-51,52-26-15-12-16-27-52)53-30-32-54(72-8)33-31-53/h11-16,24-35,45-47,61-62H,3,9-10,17-23,36-37,39-44H2,1-2,4-8H3/q+1. The number of fused-ring (bicyclic) bond motifs is 8. The van der Waals surface area contributed by atoms with E-state index in [2.05, 4.69) is 184 Å². The van der Waals surface area contributed by atoms with Crippen molar-refractivity contribution in [1.82, 2.24) is 4.67 Å². The zero-order valence-corrected chi connectivity index (χ0v) is 47.7. The van der Waals surface area contributed by atoms with Gasteiger partial charge >= 0.3 is 0 Å². The van der Waals surface area contributed by atoms with Gasteiger partial charge in [0.15, 0.2) is 12.3 Å². The van der Waals surface area contributed by atoms with Crippen molar-refractivity contribution < 1.29 is 27.8 Å². The molecule has 0 aromatic heterocycles.